The summed E-state index contributed by atoms with van der Waals surface area (Å²) in [4.78, 5) is 57.9. The number of aliphatic imine (C=N–C) groups is 2. The highest BCUT2D eigenvalue weighted by molar-refractivity contribution is 14.1. The molecule has 2 aromatic carbocycles. The van der Waals surface area contributed by atoms with E-state index in [-0.39, 0.29) is 63.4 Å². The number of aryl methyl sites for hydroxylation is 1. The molecule has 2 aliphatic carbocycles. The molecule has 89 heavy (non-hydrogen) atoms. The molecule has 1 saturated heterocycles. The number of alkyl halides is 3. The first kappa shape index (κ1) is 70.9. The van der Waals surface area contributed by atoms with Crippen molar-refractivity contribution in [3.63, 3.8) is 0 Å². The van der Waals surface area contributed by atoms with Crippen molar-refractivity contribution in [2.75, 3.05) is 27.4 Å². The maximum Gasteiger partial charge on any atom is 0.573 e. The SMILES string of the molecule is CNC(=O)[C@]12C[C@H]1[C@@](C)(c1cc(/C=C(\F)c3ccc(OC(F)(F)F)cn3)ccc1F)N=C(N)S2.CNC(=O)[C@]12C[C@H]1[C@@](C)(c1cc(B3OC(C)(C)C(C)(C)O3)ccc1F)N=C(N(COCC[Si](C)(C)C)C(=O)OC(C)(C)C)S2.Cc1ccc(/C(F)=C/I)nc1. The third-order valence-electron chi connectivity index (χ3n) is 16.0. The highest BCUT2D eigenvalue weighted by Gasteiger charge is 2.72. The van der Waals surface area contributed by atoms with Gasteiger partial charge in [-0.1, -0.05) is 67.4 Å². The van der Waals surface area contributed by atoms with Crippen LogP contribution in [0.4, 0.5) is 35.5 Å². The molecule has 5 heterocycles. The molecule has 5 aliphatic rings. The van der Waals surface area contributed by atoms with E-state index in [4.69, 9.17) is 29.5 Å². The van der Waals surface area contributed by atoms with E-state index in [1.54, 1.807) is 59.1 Å². The number of pyridine rings is 2. The van der Waals surface area contributed by atoms with Crippen LogP contribution >= 0.6 is 46.1 Å². The van der Waals surface area contributed by atoms with Gasteiger partial charge in [0.1, 0.15) is 45.0 Å². The van der Waals surface area contributed by atoms with Crippen molar-refractivity contribution in [3.8, 4) is 5.75 Å². The van der Waals surface area contributed by atoms with Gasteiger partial charge in [0.25, 0.3) is 0 Å². The Morgan fingerprint density at radius 3 is 1.85 bits per heavy atom. The number of benzene rings is 2. The predicted octanol–water partition coefficient (Wildman–Crippen LogP) is 13.0. The number of amidine groups is 2. The Labute approximate surface area is 538 Å². The second-order valence-electron chi connectivity index (χ2n) is 25.7. The van der Waals surface area contributed by atoms with Gasteiger partial charge in [0, 0.05) is 62.0 Å². The molecule has 2 saturated carbocycles. The maximum atomic E-state index is 15.9. The molecule has 482 valence electrons. The highest BCUT2D eigenvalue weighted by atomic mass is 127. The minimum absolute atomic E-state index is 0.105. The van der Waals surface area contributed by atoms with E-state index < -0.39 is 88.2 Å². The summed E-state index contributed by atoms with van der Waals surface area (Å²) in [6, 6.07) is 15.1. The third kappa shape index (κ3) is 16.2. The van der Waals surface area contributed by atoms with Crippen molar-refractivity contribution in [2.24, 2.45) is 27.6 Å². The number of carbonyl (C=O) groups excluding carboxylic acids is 3. The van der Waals surface area contributed by atoms with Gasteiger partial charge in [0.05, 0.1) is 39.9 Å². The summed E-state index contributed by atoms with van der Waals surface area (Å²) in [6.07, 6.45) is -1.16. The fourth-order valence-corrected chi connectivity index (χ4v) is 14.5. The number of hydrogen-bond donors (Lipinski definition) is 3. The van der Waals surface area contributed by atoms with Crippen LogP contribution in [-0.2, 0) is 39.4 Å². The number of hydrogen-bond acceptors (Lipinski definition) is 15. The van der Waals surface area contributed by atoms with Crippen LogP contribution in [0.2, 0.25) is 25.7 Å². The maximum absolute atomic E-state index is 15.9. The van der Waals surface area contributed by atoms with Gasteiger partial charge in [-0.25, -0.2) is 32.2 Å². The molecule has 9 rings (SSSR count). The van der Waals surface area contributed by atoms with Crippen LogP contribution in [0.15, 0.2) is 87.1 Å². The summed E-state index contributed by atoms with van der Waals surface area (Å²) in [7, 11) is 1.00. The van der Waals surface area contributed by atoms with E-state index in [1.165, 1.54) is 46.0 Å². The topological polar surface area (TPSA) is 201 Å². The minimum atomic E-state index is -4.89. The van der Waals surface area contributed by atoms with Gasteiger partial charge in [-0.3, -0.25) is 24.6 Å². The second-order valence-corrected chi connectivity index (χ2v) is 34.6. The van der Waals surface area contributed by atoms with E-state index in [9.17, 15) is 40.7 Å². The molecular weight excluding hydrogens is 1340 g/mol. The van der Waals surface area contributed by atoms with Gasteiger partial charge in [-0.2, -0.15) is 0 Å². The van der Waals surface area contributed by atoms with Crippen molar-refractivity contribution >= 4 is 113 Å². The molecule has 0 radical (unpaired) electrons. The molecule has 28 heteroatoms. The monoisotopic (exact) mass is 1410 g/mol. The third-order valence-corrected chi connectivity index (χ3v) is 21.1. The first-order valence-electron chi connectivity index (χ1n) is 28.5. The number of nitrogens with zero attached hydrogens (tertiary/aromatic N) is 5. The smallest absolute Gasteiger partial charge is 0.443 e. The zero-order valence-electron chi connectivity index (χ0n) is 52.3. The first-order valence-corrected chi connectivity index (χ1v) is 35.1. The Morgan fingerprint density at radius 1 is 0.798 bits per heavy atom. The lowest BCUT2D eigenvalue weighted by Crippen LogP contribution is -2.48. The summed E-state index contributed by atoms with van der Waals surface area (Å²) in [6.45, 7) is 25.8. The standard InChI is InChI=1S/C31H49BFN3O6SSi.C22H19F5N4O2S.C8H7FIN/c1-27(2,3)40-26(38)36(19-39-15-16-44(10,11)12)25-35-30(8,23-18-31(23,43-25)24(37)34-9)21-17-20(13-14-22(21)33)32-41-28(4,5)29(6,7)42-32;1-20(17-9-21(17,18(32)29-2)34-19(28)31-20)13-7-11(3-5-14(13)23)8-15(24)16-6-4-12(10-30-16)33-22(25,26)27;1-6-2-3-8(11-5-6)7(9)4-10/h13-14,17,23H,15-16,18-19H2,1-12H3,(H,34,37);3-8,10,17H,9H2,1-2H3,(H2,28,31)(H,29,32);2-5H,1H3/b;15-8-;7-4-/t23-,30+,31-;17-,20+,21-;/m00./s1. The van der Waals surface area contributed by atoms with Gasteiger partial charge < -0.3 is 39.9 Å². The van der Waals surface area contributed by atoms with Crippen LogP contribution in [0.5, 0.6) is 5.75 Å². The number of thioether (sulfide) groups is 2. The van der Waals surface area contributed by atoms with Crippen molar-refractivity contribution in [3.05, 3.63) is 122 Å². The number of nitrogens with one attached hydrogen (secondary N) is 2. The second kappa shape index (κ2) is 26.6. The Hall–Kier alpha value is -5.53. The minimum Gasteiger partial charge on any atom is -0.443 e. The van der Waals surface area contributed by atoms with E-state index in [1.807, 2.05) is 70.2 Å². The van der Waals surface area contributed by atoms with Crippen LogP contribution in [0.3, 0.4) is 0 Å². The first-order chi connectivity index (χ1) is 41.2. The lowest BCUT2D eigenvalue weighted by Gasteiger charge is -2.37. The number of halogens is 8. The van der Waals surface area contributed by atoms with Crippen LogP contribution < -0.4 is 26.6 Å². The van der Waals surface area contributed by atoms with E-state index >= 15 is 4.39 Å². The summed E-state index contributed by atoms with van der Waals surface area (Å²) in [5, 5.41) is 5.80. The number of fused-ring (bicyclic) bond motifs is 2. The van der Waals surface area contributed by atoms with E-state index in [0.29, 0.717) is 36.2 Å². The van der Waals surface area contributed by atoms with Gasteiger partial charge in [0.2, 0.25) is 11.8 Å². The normalized spacial score (nSPS) is 25.0. The van der Waals surface area contributed by atoms with Gasteiger partial charge in [-0.15, -0.1) is 13.2 Å². The number of carbonyl (C=O) groups is 3. The molecule has 0 unspecified atom stereocenters. The van der Waals surface area contributed by atoms with Crippen LogP contribution in [0.1, 0.15) is 109 Å². The molecule has 4 N–H and O–H groups in total. The summed E-state index contributed by atoms with van der Waals surface area (Å²) >= 11 is 4.21. The van der Waals surface area contributed by atoms with E-state index in [2.05, 4.69) is 50.0 Å². The fraction of sp³-hybridized carbons (Fsp3) is 0.492. The van der Waals surface area contributed by atoms with Gasteiger partial charge in [-0.05, 0) is 170 Å². The van der Waals surface area contributed by atoms with Crippen LogP contribution in [-0.4, -0.2) is 118 Å². The number of rotatable bonds is 14. The van der Waals surface area contributed by atoms with Crippen LogP contribution in [0, 0.1) is 30.4 Å². The number of amides is 3. The fourth-order valence-electron chi connectivity index (χ4n) is 10.3. The van der Waals surface area contributed by atoms with Gasteiger partial charge in [0.15, 0.2) is 16.2 Å². The quantitative estimate of drug-likeness (QED) is 0.0354. The van der Waals surface area contributed by atoms with Crippen LogP contribution in [0.25, 0.3) is 17.7 Å². The molecule has 4 aromatic rings. The average molecular weight is 1410 g/mol. The van der Waals surface area contributed by atoms with E-state index in [0.717, 1.165) is 53.8 Å². The molecule has 0 spiro atoms. The molecule has 2 aromatic heterocycles. The van der Waals surface area contributed by atoms with Crippen molar-refractivity contribution in [2.45, 2.75) is 152 Å². The molecule has 3 aliphatic heterocycles. The molecule has 0 bridgehead atoms. The predicted molar refractivity (Wildman–Crippen MR) is 346 cm³/mol. The van der Waals surface area contributed by atoms with Gasteiger partial charge >= 0.3 is 19.6 Å². The zero-order chi connectivity index (χ0) is 66.3. The average Bonchev–Trinajstić information content (AvgIpc) is 1.55. The lowest BCUT2D eigenvalue weighted by molar-refractivity contribution is -0.274. The Kier molecular flexibility index (Phi) is 21.2. The Balaban J connectivity index is 0.000000221. The summed E-state index contributed by atoms with van der Waals surface area (Å²) in [5.74, 6) is -3.84. The summed E-state index contributed by atoms with van der Waals surface area (Å²) < 4.78 is 123. The number of nitrogens with two attached hydrogens (primary N) is 1. The highest BCUT2D eigenvalue weighted by Crippen LogP contribution is 2.67. The number of ether oxygens (including phenoxy) is 3. The van der Waals surface area contributed by atoms with Crippen molar-refractivity contribution < 1.29 is 68.6 Å². The van der Waals surface area contributed by atoms with Crippen molar-refractivity contribution in [1.29, 1.82) is 0 Å². The Bertz CT molecular complexity index is 3430. The zero-order valence-corrected chi connectivity index (χ0v) is 57.1. The Morgan fingerprint density at radius 2 is 1.34 bits per heavy atom. The summed E-state index contributed by atoms with van der Waals surface area (Å²) in [5.41, 5.74) is 4.31. The number of aromatic nitrogens is 2. The largest absolute Gasteiger partial charge is 0.573 e. The lowest BCUT2D eigenvalue weighted by atomic mass is 9.75. The molecule has 3 fully saturated rings. The molecule has 3 amide bonds. The van der Waals surface area contributed by atoms with Crippen molar-refractivity contribution in [1.82, 2.24) is 25.5 Å². The molecule has 16 nitrogen and oxygen atoms in total. The molecular formula is C61H75BF7IN8O8S2Si. The molecule has 6 atom stereocenters.